The maximum absolute atomic E-state index is 7.16. The highest BCUT2D eigenvalue weighted by molar-refractivity contribution is 5.89. The molecule has 0 saturated carbocycles. The third-order valence-corrected chi connectivity index (χ3v) is 18.2. The normalized spacial score (nSPS) is 12.0. The first-order valence-corrected chi connectivity index (χ1v) is 33.8. The molecule has 0 saturated heterocycles. The molecule has 0 aliphatic carbocycles. The minimum Gasteiger partial charge on any atom is -0.453 e. The Balaban J connectivity index is 0.000000207. The Kier molecular flexibility index (Phi) is 17.5. The third kappa shape index (κ3) is 12.9. The van der Waals surface area contributed by atoms with Crippen LogP contribution in [0.3, 0.4) is 0 Å². The minimum atomic E-state index is 0.425. The summed E-state index contributed by atoms with van der Waals surface area (Å²) in [6, 6.07) is 41.4. The fourth-order valence-electron chi connectivity index (χ4n) is 14.4. The van der Waals surface area contributed by atoms with Gasteiger partial charge in [0.1, 0.15) is 28.7 Å². The van der Waals surface area contributed by atoms with E-state index in [0.29, 0.717) is 103 Å². The maximum atomic E-state index is 7.16. The Labute approximate surface area is 582 Å². The molecule has 99 heavy (non-hydrogen) atoms. The quantitative estimate of drug-likeness (QED) is 0.124. The van der Waals surface area contributed by atoms with Crippen molar-refractivity contribution in [2.45, 2.75) is 152 Å². The van der Waals surface area contributed by atoms with E-state index in [1.54, 1.807) is 0 Å². The van der Waals surface area contributed by atoms with Gasteiger partial charge in [0.05, 0.1) is 0 Å². The lowest BCUT2D eigenvalue weighted by molar-refractivity contribution is 0.327. The second-order valence-corrected chi connectivity index (χ2v) is 27.9. The van der Waals surface area contributed by atoms with E-state index in [-0.39, 0.29) is 0 Å². The predicted molar refractivity (Wildman–Crippen MR) is 395 cm³/mol. The van der Waals surface area contributed by atoms with Gasteiger partial charge in [-0.1, -0.05) is 71.8 Å². The Hall–Kier alpha value is -10.8. The van der Waals surface area contributed by atoms with E-state index in [9.17, 15) is 0 Å². The fourth-order valence-corrected chi connectivity index (χ4v) is 14.4. The Morgan fingerprint density at radius 2 is 0.424 bits per heavy atom. The van der Waals surface area contributed by atoms with Crippen LogP contribution in [0.1, 0.15) is 122 Å². The van der Waals surface area contributed by atoms with Crippen LogP contribution in [0.25, 0.3) is 11.1 Å². The molecule has 504 valence electrons. The summed E-state index contributed by atoms with van der Waals surface area (Å²) in [7, 11) is 0. The van der Waals surface area contributed by atoms with Gasteiger partial charge < -0.3 is 52.1 Å². The molecule has 11 nitrogen and oxygen atoms in total. The molecular formula is C88H86O11. The van der Waals surface area contributed by atoms with Crippen LogP contribution in [0.2, 0.25) is 0 Å². The third-order valence-electron chi connectivity index (χ3n) is 18.2. The van der Waals surface area contributed by atoms with Gasteiger partial charge in [-0.05, 0) is 324 Å². The van der Waals surface area contributed by atoms with E-state index in [2.05, 4.69) is 171 Å². The second kappa shape index (κ2) is 25.9. The topological polar surface area (TPSA) is 102 Å². The van der Waals surface area contributed by atoms with Gasteiger partial charge in [0.25, 0.3) is 0 Å². The molecule has 0 radical (unpaired) electrons. The zero-order valence-electron chi connectivity index (χ0n) is 61.0. The number of aryl methyl sites for hydroxylation is 22. The molecule has 3 aliphatic heterocycles. The highest BCUT2D eigenvalue weighted by Gasteiger charge is 2.38. The van der Waals surface area contributed by atoms with Crippen molar-refractivity contribution in [2.75, 3.05) is 0 Å². The number of benzene rings is 11. The largest absolute Gasteiger partial charge is 0.453 e. The summed E-state index contributed by atoms with van der Waals surface area (Å²) in [4.78, 5) is 0. The van der Waals surface area contributed by atoms with Crippen LogP contribution in [0.5, 0.6) is 126 Å². The summed E-state index contributed by atoms with van der Waals surface area (Å²) in [6.07, 6.45) is 0. The standard InChI is InChI=1S/C56H54O7.C32H32O4/c1-27-15-28(2)20-41(19-27)57-49-38(12)25-39(13)50-55(49)62-47-36(10)23-32(6)44(53(47)60-50)45-33(7)24-37(11)48-54(45)61-51-40(14)26-43(59-46-34(8)17-31(5)18-35(46)9)52(56(51)63-48)58-42-21-29(3)16-30(4)22-42;1-17-9-18(2)14-25(13-17)33-31-27(34-28-21(5)10-19(3)11-22(28)6)16-24(8)30-32(31)36-29-23(7)12-20(4)15-26(29)35-30/h15-26H,1-14H3;9-16H,1-8H3. The van der Waals surface area contributed by atoms with E-state index in [1.165, 1.54) is 11.1 Å². The average Bonchev–Trinajstić information content (AvgIpc) is 0.727. The van der Waals surface area contributed by atoms with Gasteiger partial charge in [-0.25, -0.2) is 0 Å². The Morgan fingerprint density at radius 3 is 0.808 bits per heavy atom. The molecule has 0 unspecified atom stereocenters. The molecule has 0 atom stereocenters. The molecule has 11 aromatic carbocycles. The summed E-state index contributed by atoms with van der Waals surface area (Å²) >= 11 is 0. The first-order chi connectivity index (χ1) is 47.0. The summed E-state index contributed by atoms with van der Waals surface area (Å²) in [5, 5.41) is 0. The number of fused-ring (bicyclic) bond motifs is 6. The van der Waals surface area contributed by atoms with E-state index < -0.39 is 0 Å². The number of hydrogen-bond donors (Lipinski definition) is 0. The van der Waals surface area contributed by atoms with Gasteiger partial charge in [-0.2, -0.15) is 0 Å². The van der Waals surface area contributed by atoms with Gasteiger partial charge >= 0.3 is 0 Å². The van der Waals surface area contributed by atoms with Gasteiger partial charge in [0, 0.05) is 11.1 Å². The van der Waals surface area contributed by atoms with Crippen molar-refractivity contribution in [3.63, 3.8) is 0 Å². The molecule has 0 amide bonds. The molecule has 0 fully saturated rings. The molecule has 11 aromatic rings. The molecule has 0 N–H and O–H groups in total. The maximum Gasteiger partial charge on any atom is 0.216 e. The molecule has 0 bridgehead atoms. The molecule has 3 heterocycles. The molecule has 11 heteroatoms. The monoisotopic (exact) mass is 1320 g/mol. The lowest BCUT2D eigenvalue weighted by Crippen LogP contribution is -2.10. The predicted octanol–water partition coefficient (Wildman–Crippen LogP) is 26.5. The Bertz CT molecular complexity index is 5090. The van der Waals surface area contributed by atoms with Crippen LogP contribution in [-0.4, -0.2) is 0 Å². The van der Waals surface area contributed by atoms with Crippen molar-refractivity contribution in [1.82, 2.24) is 0 Å². The van der Waals surface area contributed by atoms with E-state index in [1.807, 2.05) is 103 Å². The van der Waals surface area contributed by atoms with Crippen LogP contribution >= 0.6 is 0 Å². The van der Waals surface area contributed by atoms with Crippen LogP contribution in [-0.2, 0) is 0 Å². The lowest BCUT2D eigenvalue weighted by atomic mass is 9.90. The smallest absolute Gasteiger partial charge is 0.216 e. The molecular weight excluding hydrogens is 1230 g/mol. The van der Waals surface area contributed by atoms with Crippen LogP contribution in [0, 0.1) is 152 Å². The van der Waals surface area contributed by atoms with Gasteiger partial charge in [0.15, 0.2) is 69.0 Å². The van der Waals surface area contributed by atoms with E-state index >= 15 is 0 Å². The summed E-state index contributed by atoms with van der Waals surface area (Å²) < 4.78 is 74.6. The minimum absolute atomic E-state index is 0.425. The van der Waals surface area contributed by atoms with Crippen molar-refractivity contribution in [3.8, 4) is 138 Å². The SMILES string of the molecule is Cc1cc(C)cc(Oc2c(C)cc(C)c3c2Oc2c(C)cc(C)c(-c4c(C)cc(C)c5c4Oc4c(C)cc(Oc6c(C)cc(C)cc6C)c(Oc6cc(C)cc(C)c6)c4O5)c2O3)c1.Cc1cc(C)cc(Oc2c(Oc3c(C)cc(C)cc3C)cc(C)c3c2Oc2c(C)cc(C)cc2O3)c1. The molecule has 0 spiro atoms. The van der Waals surface area contributed by atoms with E-state index in [4.69, 9.17) is 52.1 Å². The van der Waals surface area contributed by atoms with Gasteiger partial charge in [-0.3, -0.25) is 0 Å². The number of hydrogen-bond acceptors (Lipinski definition) is 11. The first kappa shape index (κ1) is 66.8. The van der Waals surface area contributed by atoms with Crippen LogP contribution < -0.4 is 52.1 Å². The lowest BCUT2D eigenvalue weighted by Gasteiger charge is -2.31. The van der Waals surface area contributed by atoms with Gasteiger partial charge in [-0.15, -0.1) is 0 Å². The average molecular weight is 1320 g/mol. The second-order valence-electron chi connectivity index (χ2n) is 27.9. The fraction of sp³-hybridized carbons (Fsp3) is 0.250. The highest BCUT2D eigenvalue weighted by atomic mass is 16.6. The van der Waals surface area contributed by atoms with Crippen molar-refractivity contribution < 1.29 is 52.1 Å². The number of ether oxygens (including phenoxy) is 11. The highest BCUT2D eigenvalue weighted by Crippen LogP contribution is 2.64. The Morgan fingerprint density at radius 1 is 0.172 bits per heavy atom. The zero-order chi connectivity index (χ0) is 70.5. The molecule has 14 rings (SSSR count). The van der Waals surface area contributed by atoms with Crippen molar-refractivity contribution >= 4 is 0 Å². The zero-order valence-corrected chi connectivity index (χ0v) is 61.0. The summed E-state index contributed by atoms with van der Waals surface area (Å²) in [5.74, 6) is 13.4. The number of rotatable bonds is 11. The van der Waals surface area contributed by atoms with Gasteiger partial charge in [0.2, 0.25) is 28.7 Å². The molecule has 3 aliphatic rings. The van der Waals surface area contributed by atoms with Crippen LogP contribution in [0.4, 0.5) is 0 Å². The van der Waals surface area contributed by atoms with Crippen molar-refractivity contribution in [1.29, 1.82) is 0 Å². The summed E-state index contributed by atoms with van der Waals surface area (Å²) in [6.45, 7) is 45.2. The van der Waals surface area contributed by atoms with Crippen molar-refractivity contribution in [2.24, 2.45) is 0 Å². The van der Waals surface area contributed by atoms with Crippen LogP contribution in [0.15, 0.2) is 121 Å². The van der Waals surface area contributed by atoms with Crippen molar-refractivity contribution in [3.05, 3.63) is 244 Å². The molecule has 0 aromatic heterocycles. The first-order valence-electron chi connectivity index (χ1n) is 33.8. The summed E-state index contributed by atoms with van der Waals surface area (Å²) in [5.41, 5.74) is 24.5. The van der Waals surface area contributed by atoms with E-state index in [0.717, 1.165) is 145 Å².